The Balaban J connectivity index is 1.36. The van der Waals surface area contributed by atoms with E-state index in [2.05, 4.69) is 22.8 Å². The van der Waals surface area contributed by atoms with E-state index >= 15 is 0 Å². The van der Waals surface area contributed by atoms with Crippen molar-refractivity contribution in [2.75, 3.05) is 19.7 Å². The zero-order valence-electron chi connectivity index (χ0n) is 19.9. The first-order valence-corrected chi connectivity index (χ1v) is 12.1. The van der Waals surface area contributed by atoms with Crippen molar-refractivity contribution in [3.8, 4) is 11.1 Å². The van der Waals surface area contributed by atoms with E-state index in [1.165, 1.54) is 4.90 Å². The second-order valence-electron chi connectivity index (χ2n) is 9.04. The van der Waals surface area contributed by atoms with E-state index in [1.54, 1.807) is 0 Å². The Hall–Kier alpha value is -4.08. The van der Waals surface area contributed by atoms with Crippen molar-refractivity contribution in [3.05, 3.63) is 59.7 Å². The molecule has 0 spiro atoms. The van der Waals surface area contributed by atoms with E-state index in [1.807, 2.05) is 36.4 Å². The molecular formula is C26H31N5O5. The van der Waals surface area contributed by atoms with E-state index in [0.717, 1.165) is 22.3 Å². The van der Waals surface area contributed by atoms with Gasteiger partial charge in [0.25, 0.3) is 0 Å². The molecule has 1 aliphatic carbocycles. The molecule has 4 rings (SSSR count). The molecular weight excluding hydrogens is 462 g/mol. The lowest BCUT2D eigenvalue weighted by Crippen LogP contribution is -2.51. The van der Waals surface area contributed by atoms with Gasteiger partial charge in [-0.3, -0.25) is 15.1 Å². The van der Waals surface area contributed by atoms with Crippen LogP contribution in [-0.2, 0) is 14.3 Å². The summed E-state index contributed by atoms with van der Waals surface area (Å²) < 4.78 is 5.71. The fraction of sp³-hybridized carbons (Fsp3) is 0.385. The van der Waals surface area contributed by atoms with Crippen LogP contribution in [0.15, 0.2) is 48.5 Å². The fourth-order valence-corrected chi connectivity index (χ4v) is 4.99. The number of amides is 2. The summed E-state index contributed by atoms with van der Waals surface area (Å²) in [5.41, 5.74) is 9.69. The predicted octanol–water partition coefficient (Wildman–Crippen LogP) is 2.23. The molecule has 0 unspecified atom stereocenters. The maximum Gasteiger partial charge on any atom is 0.410 e. The number of benzene rings is 2. The van der Waals surface area contributed by atoms with Crippen LogP contribution in [0.5, 0.6) is 0 Å². The van der Waals surface area contributed by atoms with Crippen LogP contribution in [0.25, 0.3) is 11.1 Å². The van der Waals surface area contributed by atoms with E-state index < -0.39 is 30.1 Å². The summed E-state index contributed by atoms with van der Waals surface area (Å²) in [6.07, 6.45) is 1.06. The van der Waals surface area contributed by atoms with Gasteiger partial charge in [0.2, 0.25) is 5.91 Å². The highest BCUT2D eigenvalue weighted by Gasteiger charge is 2.37. The summed E-state index contributed by atoms with van der Waals surface area (Å²) in [6, 6.07) is 14.2. The van der Waals surface area contributed by atoms with Crippen LogP contribution in [0.2, 0.25) is 0 Å². The molecule has 0 radical (unpaired) electrons. The first kappa shape index (κ1) is 25.0. The van der Waals surface area contributed by atoms with Gasteiger partial charge < -0.3 is 26.2 Å². The minimum atomic E-state index is -1.16. The van der Waals surface area contributed by atoms with Gasteiger partial charge in [0, 0.05) is 19.0 Å². The smallest absolute Gasteiger partial charge is 0.410 e. The molecule has 0 bridgehead atoms. The maximum atomic E-state index is 13.0. The second-order valence-corrected chi connectivity index (χ2v) is 9.04. The average molecular weight is 494 g/mol. The summed E-state index contributed by atoms with van der Waals surface area (Å²) in [7, 11) is 0. The number of aliphatic carboxylic acids is 1. The highest BCUT2D eigenvalue weighted by Crippen LogP contribution is 2.44. The van der Waals surface area contributed by atoms with Crippen molar-refractivity contribution in [1.82, 2.24) is 15.5 Å². The summed E-state index contributed by atoms with van der Waals surface area (Å²) >= 11 is 0. The van der Waals surface area contributed by atoms with Gasteiger partial charge >= 0.3 is 12.1 Å². The molecule has 2 aromatic carbocycles. The number of nitrogens with one attached hydrogen (secondary N) is 3. The number of guanidine groups is 1. The highest BCUT2D eigenvalue weighted by molar-refractivity contribution is 5.89. The van der Waals surface area contributed by atoms with Crippen molar-refractivity contribution in [2.24, 2.45) is 5.73 Å². The zero-order valence-corrected chi connectivity index (χ0v) is 19.9. The third-order valence-corrected chi connectivity index (χ3v) is 6.73. The summed E-state index contributed by atoms with van der Waals surface area (Å²) in [5, 5.41) is 21.8. The van der Waals surface area contributed by atoms with E-state index in [4.69, 9.17) is 15.9 Å². The number of carbonyl (C=O) groups is 3. The van der Waals surface area contributed by atoms with Gasteiger partial charge in [0.15, 0.2) is 5.96 Å². The number of hydrogen-bond donors (Lipinski definition) is 5. The number of carbonyl (C=O) groups excluding carboxylic acids is 2. The number of likely N-dealkylation sites (tertiary alicyclic amines) is 1. The molecule has 2 aliphatic rings. The standard InChI is InChI=1S/C26H31N5O5/c27-25(28)29-13-5-11-21(24(33)34)30-23(32)22-12-6-14-31(22)26(35)36-15-20-18-9-3-1-7-16(18)17-8-2-4-10-19(17)20/h1-4,7-10,20-22H,5-6,11-15H2,(H,30,32)(H,33,34)(H4,27,28,29)/t21-,22-/m0/s1. The lowest BCUT2D eigenvalue weighted by Gasteiger charge is -2.26. The molecule has 2 aromatic rings. The van der Waals surface area contributed by atoms with Crippen molar-refractivity contribution in [3.63, 3.8) is 0 Å². The minimum Gasteiger partial charge on any atom is -0.480 e. The lowest BCUT2D eigenvalue weighted by molar-refractivity contribution is -0.142. The Bertz CT molecular complexity index is 1110. The van der Waals surface area contributed by atoms with Crippen LogP contribution in [0.4, 0.5) is 4.79 Å². The van der Waals surface area contributed by atoms with Crippen LogP contribution in [0.3, 0.4) is 0 Å². The van der Waals surface area contributed by atoms with Gasteiger partial charge in [0.05, 0.1) is 0 Å². The molecule has 2 atom stereocenters. The molecule has 190 valence electrons. The van der Waals surface area contributed by atoms with Crippen molar-refractivity contribution < 1.29 is 24.2 Å². The van der Waals surface area contributed by atoms with Gasteiger partial charge in [-0.05, 0) is 47.9 Å². The van der Waals surface area contributed by atoms with Crippen LogP contribution >= 0.6 is 0 Å². The quantitative estimate of drug-likeness (QED) is 0.204. The molecule has 36 heavy (non-hydrogen) atoms. The number of carboxylic acid groups (broad SMARTS) is 1. The Morgan fingerprint density at radius 3 is 2.36 bits per heavy atom. The Morgan fingerprint density at radius 1 is 1.11 bits per heavy atom. The molecule has 1 aliphatic heterocycles. The number of hydrogen-bond acceptors (Lipinski definition) is 5. The van der Waals surface area contributed by atoms with Gasteiger partial charge in [-0.15, -0.1) is 0 Å². The van der Waals surface area contributed by atoms with Crippen LogP contribution in [0.1, 0.15) is 42.7 Å². The van der Waals surface area contributed by atoms with Gasteiger partial charge in [0.1, 0.15) is 18.7 Å². The third kappa shape index (κ3) is 5.42. The van der Waals surface area contributed by atoms with Crippen LogP contribution in [0, 0.1) is 5.41 Å². The van der Waals surface area contributed by atoms with Gasteiger partial charge in [-0.2, -0.15) is 0 Å². The first-order valence-electron chi connectivity index (χ1n) is 12.1. The Kier molecular flexibility index (Phi) is 7.72. The molecule has 10 nitrogen and oxygen atoms in total. The van der Waals surface area contributed by atoms with Crippen molar-refractivity contribution in [2.45, 2.75) is 43.7 Å². The zero-order chi connectivity index (χ0) is 25.7. The molecule has 1 saturated heterocycles. The molecule has 1 fully saturated rings. The number of nitrogens with zero attached hydrogens (tertiary/aromatic N) is 1. The highest BCUT2D eigenvalue weighted by atomic mass is 16.6. The lowest BCUT2D eigenvalue weighted by atomic mass is 9.98. The van der Waals surface area contributed by atoms with Gasteiger partial charge in [-0.1, -0.05) is 48.5 Å². The van der Waals surface area contributed by atoms with Gasteiger partial charge in [-0.25, -0.2) is 9.59 Å². The third-order valence-electron chi connectivity index (χ3n) is 6.73. The van der Waals surface area contributed by atoms with E-state index in [0.29, 0.717) is 32.4 Å². The Morgan fingerprint density at radius 2 is 1.75 bits per heavy atom. The summed E-state index contributed by atoms with van der Waals surface area (Å²) in [6.45, 7) is 0.845. The molecule has 0 aromatic heterocycles. The maximum absolute atomic E-state index is 13.0. The monoisotopic (exact) mass is 493 g/mol. The number of ether oxygens (including phenoxy) is 1. The van der Waals surface area contributed by atoms with E-state index in [9.17, 15) is 19.5 Å². The topological polar surface area (TPSA) is 158 Å². The fourth-order valence-electron chi connectivity index (χ4n) is 4.99. The summed E-state index contributed by atoms with van der Waals surface area (Å²) in [4.78, 5) is 38.9. The largest absolute Gasteiger partial charge is 0.480 e. The van der Waals surface area contributed by atoms with Crippen molar-refractivity contribution >= 4 is 23.9 Å². The number of rotatable bonds is 9. The van der Waals surface area contributed by atoms with Crippen LogP contribution < -0.4 is 16.4 Å². The van der Waals surface area contributed by atoms with E-state index in [-0.39, 0.29) is 24.9 Å². The molecule has 1 heterocycles. The molecule has 6 N–H and O–H groups in total. The molecule has 10 heteroatoms. The minimum absolute atomic E-state index is 0.0868. The predicted molar refractivity (Wildman–Crippen MR) is 134 cm³/mol. The normalized spacial score (nSPS) is 17.1. The molecule has 2 amide bonds. The number of nitrogens with two attached hydrogens (primary N) is 1. The number of carboxylic acids is 1. The summed E-state index contributed by atoms with van der Waals surface area (Å²) in [5.74, 6) is -1.95. The average Bonchev–Trinajstić information content (AvgIpc) is 3.48. The first-order chi connectivity index (χ1) is 17.4. The second kappa shape index (κ2) is 11.1. The van der Waals surface area contributed by atoms with Crippen molar-refractivity contribution in [1.29, 1.82) is 5.41 Å². The number of fused-ring (bicyclic) bond motifs is 3. The molecule has 0 saturated carbocycles. The Labute approximate surface area is 209 Å². The SMILES string of the molecule is N=C(N)NCCC[C@H](NC(=O)[C@@H]1CCCN1C(=O)OCC1c2ccccc2-c2ccccc21)C(=O)O. The van der Waals surface area contributed by atoms with Crippen LogP contribution in [-0.4, -0.2) is 65.7 Å².